The Morgan fingerprint density at radius 3 is 1.33 bits per heavy atom. The number of sulfonamides is 2. The van der Waals surface area contributed by atoms with Crippen LogP contribution in [0.5, 0.6) is 23.0 Å². The van der Waals surface area contributed by atoms with Gasteiger partial charge in [-0.1, -0.05) is 12.1 Å². The molecule has 0 unspecified atom stereocenters. The first-order valence-corrected chi connectivity index (χ1v) is 24.1. The van der Waals surface area contributed by atoms with Gasteiger partial charge in [-0.25, -0.2) is 44.4 Å². The van der Waals surface area contributed by atoms with Gasteiger partial charge < -0.3 is 28.7 Å². The maximum atomic E-state index is 14.0. The summed E-state index contributed by atoms with van der Waals surface area (Å²) in [6.45, 7) is 1.76. The first-order valence-electron chi connectivity index (χ1n) is 19.4. The van der Waals surface area contributed by atoms with E-state index in [1.165, 1.54) is 22.7 Å². The third-order valence-corrected chi connectivity index (χ3v) is 16.1. The predicted octanol–water partition coefficient (Wildman–Crippen LogP) is 7.23. The molecule has 0 saturated carbocycles. The number of hydrogen-bond donors (Lipinski definition) is 0. The zero-order chi connectivity index (χ0) is 45.8. The number of nitrogens with zero attached hydrogens (tertiary/aromatic N) is 6. The van der Waals surface area contributed by atoms with Gasteiger partial charge >= 0.3 is 0 Å². The lowest BCUT2D eigenvalue weighted by Crippen LogP contribution is -2.49. The van der Waals surface area contributed by atoms with Crippen molar-refractivity contribution in [2.24, 2.45) is 0 Å². The maximum absolute atomic E-state index is 14.0. The molecule has 0 bridgehead atoms. The maximum Gasteiger partial charge on any atom is 0.249 e. The van der Waals surface area contributed by atoms with E-state index in [2.05, 4.69) is 9.97 Å². The molecule has 6 aromatic rings. The number of anilines is 2. The SMILES string of the molecule is COc1ccc(-c2csc(N3CCN(S(=O)(=O)c4c(F)cccc4F)CC3)n2)c(OC)c1.COc1ccc(OC)c(-c2csc(N3CCN(S(=O)(=O)c4c(F)cccc4F)CC3)n2)c1. The summed E-state index contributed by atoms with van der Waals surface area (Å²) in [4.78, 5) is 11.4. The third-order valence-electron chi connectivity index (χ3n) is 10.4. The molecule has 0 atom stereocenters. The fraction of sp³-hybridized carbons (Fsp3) is 0.286. The van der Waals surface area contributed by atoms with Crippen LogP contribution in [0.15, 0.2) is 93.3 Å². The van der Waals surface area contributed by atoms with Gasteiger partial charge in [0.05, 0.1) is 39.8 Å². The topological polar surface area (TPSA) is 144 Å². The van der Waals surface area contributed by atoms with Crippen LogP contribution in [0.3, 0.4) is 0 Å². The Morgan fingerprint density at radius 1 is 0.500 bits per heavy atom. The lowest BCUT2D eigenvalue weighted by atomic mass is 10.1. The van der Waals surface area contributed by atoms with Crippen molar-refractivity contribution in [1.82, 2.24) is 18.6 Å². The molecule has 2 fully saturated rings. The average Bonchev–Trinajstić information content (AvgIpc) is 4.00. The fourth-order valence-electron chi connectivity index (χ4n) is 7.05. The minimum atomic E-state index is -4.27. The van der Waals surface area contributed by atoms with Gasteiger partial charge in [0.2, 0.25) is 20.0 Å². The Labute approximate surface area is 375 Å². The van der Waals surface area contributed by atoms with E-state index < -0.39 is 53.1 Å². The van der Waals surface area contributed by atoms with Crippen molar-refractivity contribution in [2.45, 2.75) is 9.79 Å². The fourth-order valence-corrected chi connectivity index (χ4v) is 11.9. The van der Waals surface area contributed by atoms with Gasteiger partial charge in [0.25, 0.3) is 0 Å². The van der Waals surface area contributed by atoms with Gasteiger partial charge in [-0.05, 0) is 54.6 Å². The second kappa shape index (κ2) is 19.7. The number of methoxy groups -OCH3 is 4. The van der Waals surface area contributed by atoms with E-state index >= 15 is 0 Å². The third kappa shape index (κ3) is 9.61. The zero-order valence-electron chi connectivity index (χ0n) is 34.8. The molecule has 64 heavy (non-hydrogen) atoms. The molecule has 2 aliphatic rings. The highest BCUT2D eigenvalue weighted by molar-refractivity contribution is 7.89. The Kier molecular flexibility index (Phi) is 14.3. The first kappa shape index (κ1) is 46.5. The van der Waals surface area contributed by atoms with Gasteiger partial charge in [0, 0.05) is 80.3 Å². The highest BCUT2D eigenvalue weighted by atomic mass is 32.2. The monoisotopic (exact) mass is 962 g/mol. The van der Waals surface area contributed by atoms with Gasteiger partial charge in [0.1, 0.15) is 46.3 Å². The summed E-state index contributed by atoms with van der Waals surface area (Å²) in [5.41, 5.74) is 3.04. The van der Waals surface area contributed by atoms with Crippen LogP contribution in [0.1, 0.15) is 0 Å². The molecular formula is C42H42F4N6O8S4. The molecule has 4 heterocycles. The predicted molar refractivity (Wildman–Crippen MR) is 236 cm³/mol. The van der Waals surface area contributed by atoms with Crippen molar-refractivity contribution < 1.29 is 53.3 Å². The summed E-state index contributed by atoms with van der Waals surface area (Å²) in [6, 6.07) is 16.9. The Hall–Kier alpha value is -5.52. The highest BCUT2D eigenvalue weighted by Gasteiger charge is 2.35. The van der Waals surface area contributed by atoms with Crippen molar-refractivity contribution in [3.63, 3.8) is 0 Å². The summed E-state index contributed by atoms with van der Waals surface area (Å²) in [5, 5.41) is 5.24. The summed E-state index contributed by atoms with van der Waals surface area (Å²) in [5.74, 6) is -1.74. The average molecular weight is 963 g/mol. The van der Waals surface area contributed by atoms with Gasteiger partial charge in [-0.15, -0.1) is 22.7 Å². The number of thiazole rings is 2. The molecular weight excluding hydrogens is 921 g/mol. The normalized spacial score (nSPS) is 15.1. The van der Waals surface area contributed by atoms with Crippen LogP contribution in [0.2, 0.25) is 0 Å². The second-order valence-electron chi connectivity index (χ2n) is 14.0. The van der Waals surface area contributed by atoms with E-state index in [1.54, 1.807) is 46.6 Å². The molecule has 340 valence electrons. The van der Waals surface area contributed by atoms with Crippen LogP contribution >= 0.6 is 22.7 Å². The van der Waals surface area contributed by atoms with Crippen LogP contribution in [-0.2, 0) is 20.0 Å². The molecule has 2 aromatic heterocycles. The quantitative estimate of drug-likeness (QED) is 0.114. The van der Waals surface area contributed by atoms with E-state index in [-0.39, 0.29) is 26.2 Å². The molecule has 0 radical (unpaired) electrons. The standard InChI is InChI=1S/2C21H21F2N3O4S2/c1-29-14-6-7-19(30-2)15(12-14)18-13-31-21(24-18)25-8-10-26(11-9-25)32(27,28)20-16(22)4-3-5-17(20)23;1-29-14-6-7-15(19(12-14)30-2)18-13-31-21(24-18)25-8-10-26(11-9-25)32(27,28)20-16(22)4-3-5-17(20)23/h2*3-7,12-13H,8-11H2,1-2H3. The van der Waals surface area contributed by atoms with E-state index in [4.69, 9.17) is 18.9 Å². The Balaban J connectivity index is 0.000000191. The van der Waals surface area contributed by atoms with Crippen LogP contribution in [0.4, 0.5) is 27.8 Å². The number of hydrogen-bond acceptors (Lipinski definition) is 14. The van der Waals surface area contributed by atoms with Gasteiger partial charge in [0.15, 0.2) is 20.1 Å². The molecule has 4 aromatic carbocycles. The lowest BCUT2D eigenvalue weighted by Gasteiger charge is -2.33. The molecule has 2 aliphatic heterocycles. The number of rotatable bonds is 12. The molecule has 8 rings (SSSR count). The number of aromatic nitrogens is 2. The second-order valence-corrected chi connectivity index (χ2v) is 19.5. The minimum absolute atomic E-state index is 0.0908. The van der Waals surface area contributed by atoms with E-state index in [0.29, 0.717) is 54.9 Å². The van der Waals surface area contributed by atoms with Crippen LogP contribution < -0.4 is 28.7 Å². The van der Waals surface area contributed by atoms with Crippen LogP contribution in [0.25, 0.3) is 22.5 Å². The summed E-state index contributed by atoms with van der Waals surface area (Å²) in [6.07, 6.45) is 0. The molecule has 0 amide bonds. The Morgan fingerprint density at radius 2 is 0.906 bits per heavy atom. The van der Waals surface area contributed by atoms with Crippen LogP contribution in [0, 0.1) is 23.3 Å². The summed E-state index contributed by atoms with van der Waals surface area (Å²) >= 11 is 2.85. The van der Waals surface area contributed by atoms with Gasteiger partial charge in [-0.3, -0.25) is 0 Å². The minimum Gasteiger partial charge on any atom is -0.497 e. The van der Waals surface area contributed by atoms with Crippen molar-refractivity contribution in [3.8, 4) is 45.5 Å². The number of ether oxygens (including phenoxy) is 4. The molecule has 0 N–H and O–H groups in total. The largest absolute Gasteiger partial charge is 0.497 e. The number of halogens is 4. The lowest BCUT2D eigenvalue weighted by molar-refractivity contribution is 0.378. The van der Waals surface area contributed by atoms with Crippen LogP contribution in [-0.4, -0.2) is 116 Å². The van der Waals surface area contributed by atoms with E-state index in [0.717, 1.165) is 72.1 Å². The van der Waals surface area contributed by atoms with Gasteiger partial charge in [-0.2, -0.15) is 8.61 Å². The Bertz CT molecular complexity index is 2790. The summed E-state index contributed by atoms with van der Waals surface area (Å²) in [7, 11) is -2.23. The molecule has 14 nitrogen and oxygen atoms in total. The van der Waals surface area contributed by atoms with Crippen molar-refractivity contribution in [3.05, 3.63) is 107 Å². The van der Waals surface area contributed by atoms with E-state index in [9.17, 15) is 34.4 Å². The highest BCUT2D eigenvalue weighted by Crippen LogP contribution is 2.38. The number of benzene rings is 4. The van der Waals surface area contributed by atoms with Crippen molar-refractivity contribution in [2.75, 3.05) is 90.6 Å². The zero-order valence-corrected chi connectivity index (χ0v) is 38.1. The van der Waals surface area contributed by atoms with Crippen molar-refractivity contribution >= 4 is 53.0 Å². The van der Waals surface area contributed by atoms with Crippen molar-refractivity contribution in [1.29, 1.82) is 0 Å². The molecule has 2 saturated heterocycles. The molecule has 22 heteroatoms. The van der Waals surface area contributed by atoms with E-state index in [1.807, 2.05) is 38.8 Å². The number of piperazine rings is 2. The molecule has 0 spiro atoms. The smallest absolute Gasteiger partial charge is 0.249 e. The molecule has 0 aliphatic carbocycles. The first-order chi connectivity index (χ1) is 30.7. The summed E-state index contributed by atoms with van der Waals surface area (Å²) < 4.78 is 131.